The number of allylic oxidation sites excluding steroid dienone is 4. The molecule has 1 N–H and O–H groups in total. The fourth-order valence-corrected chi connectivity index (χ4v) is 3.41. The number of pyridine rings is 1. The van der Waals surface area contributed by atoms with Crippen molar-refractivity contribution >= 4 is 22.8 Å². The molecular formula is C18H18N4O2. The van der Waals surface area contributed by atoms with E-state index in [2.05, 4.69) is 40.3 Å². The van der Waals surface area contributed by atoms with Crippen molar-refractivity contribution in [2.45, 2.75) is 26.2 Å². The average Bonchev–Trinajstić information content (AvgIpc) is 3.17. The molecule has 0 spiro atoms. The number of carbonyl (C=O) groups excluding carboxylic acids is 2. The molecule has 2 aliphatic rings. The molecule has 0 radical (unpaired) electrons. The molecule has 0 saturated carbocycles. The first kappa shape index (κ1) is 14.8. The summed E-state index contributed by atoms with van der Waals surface area (Å²) >= 11 is 0. The van der Waals surface area contributed by atoms with E-state index in [0.717, 1.165) is 19.3 Å². The van der Waals surface area contributed by atoms with Gasteiger partial charge in [0.2, 0.25) is 0 Å². The molecule has 24 heavy (non-hydrogen) atoms. The van der Waals surface area contributed by atoms with E-state index in [1.807, 2.05) is 0 Å². The summed E-state index contributed by atoms with van der Waals surface area (Å²) in [5.41, 5.74) is 2.71. The average molecular weight is 322 g/mol. The summed E-state index contributed by atoms with van der Waals surface area (Å²) in [5, 5.41) is 7.26. The number of fused-ring (bicyclic) bond motifs is 3. The number of nitrogens with zero attached hydrogens (tertiary/aromatic N) is 3. The molecular weight excluding hydrogens is 304 g/mol. The van der Waals surface area contributed by atoms with E-state index < -0.39 is 0 Å². The Morgan fingerprint density at radius 2 is 2.17 bits per heavy atom. The molecule has 0 saturated heterocycles. The van der Waals surface area contributed by atoms with Crippen molar-refractivity contribution in [1.29, 1.82) is 0 Å². The fourth-order valence-electron chi connectivity index (χ4n) is 3.41. The van der Waals surface area contributed by atoms with Crippen molar-refractivity contribution < 1.29 is 9.59 Å². The molecule has 2 aromatic heterocycles. The summed E-state index contributed by atoms with van der Waals surface area (Å²) in [6.45, 7) is 2.58. The van der Waals surface area contributed by atoms with Gasteiger partial charge in [-0.1, -0.05) is 30.7 Å². The van der Waals surface area contributed by atoms with Gasteiger partial charge in [-0.3, -0.25) is 19.6 Å². The zero-order valence-electron chi connectivity index (χ0n) is 13.5. The van der Waals surface area contributed by atoms with Gasteiger partial charge >= 0.3 is 0 Å². The van der Waals surface area contributed by atoms with Gasteiger partial charge in [0, 0.05) is 12.7 Å². The van der Waals surface area contributed by atoms with E-state index in [1.165, 1.54) is 16.7 Å². The lowest BCUT2D eigenvalue weighted by molar-refractivity contribution is 0.0649. The van der Waals surface area contributed by atoms with Crippen molar-refractivity contribution in [1.82, 2.24) is 20.1 Å². The Morgan fingerprint density at radius 1 is 1.29 bits per heavy atom. The first-order chi connectivity index (χ1) is 11.7. The number of rotatable bonds is 4. The molecule has 0 aromatic carbocycles. The van der Waals surface area contributed by atoms with Crippen LogP contribution in [-0.4, -0.2) is 38.4 Å². The molecule has 0 bridgehead atoms. The predicted octanol–water partition coefficient (Wildman–Crippen LogP) is 2.86. The van der Waals surface area contributed by atoms with Crippen LogP contribution in [-0.2, 0) is 0 Å². The number of amides is 2. The van der Waals surface area contributed by atoms with E-state index >= 15 is 0 Å². The molecule has 1 atom stereocenters. The molecule has 2 aromatic rings. The number of H-pyrrole nitrogens is 1. The quantitative estimate of drug-likeness (QED) is 0.878. The fraction of sp³-hybridized carbons (Fsp3) is 0.333. The van der Waals surface area contributed by atoms with Gasteiger partial charge in [0.1, 0.15) is 0 Å². The number of aromatic nitrogens is 3. The summed E-state index contributed by atoms with van der Waals surface area (Å²) in [6.07, 6.45) is 12.3. The van der Waals surface area contributed by atoms with E-state index in [4.69, 9.17) is 0 Å². The van der Waals surface area contributed by atoms with Crippen LogP contribution in [0.5, 0.6) is 0 Å². The second-order valence-corrected chi connectivity index (χ2v) is 6.34. The Balaban J connectivity index is 1.55. The summed E-state index contributed by atoms with van der Waals surface area (Å²) in [5.74, 6) is -0.143. The molecule has 122 valence electrons. The van der Waals surface area contributed by atoms with Gasteiger partial charge < -0.3 is 0 Å². The predicted molar refractivity (Wildman–Crippen MR) is 89.5 cm³/mol. The molecule has 1 unspecified atom stereocenters. The number of imide groups is 1. The van der Waals surface area contributed by atoms with Crippen LogP contribution in [0.25, 0.3) is 11.0 Å². The minimum Gasteiger partial charge on any atom is -0.274 e. The Hall–Kier alpha value is -2.76. The van der Waals surface area contributed by atoms with Crippen molar-refractivity contribution in [3.05, 3.63) is 47.3 Å². The second-order valence-electron chi connectivity index (χ2n) is 6.34. The summed E-state index contributed by atoms with van der Waals surface area (Å²) in [7, 11) is 0. The minimum atomic E-state index is -0.254. The van der Waals surface area contributed by atoms with Gasteiger partial charge in [0.15, 0.2) is 5.65 Å². The van der Waals surface area contributed by atoms with Crippen molar-refractivity contribution in [2.75, 3.05) is 6.54 Å². The van der Waals surface area contributed by atoms with Crippen molar-refractivity contribution in [2.24, 2.45) is 5.92 Å². The van der Waals surface area contributed by atoms with E-state index in [-0.39, 0.29) is 11.8 Å². The van der Waals surface area contributed by atoms with Gasteiger partial charge in [0.25, 0.3) is 11.8 Å². The number of nitrogens with one attached hydrogen (secondary N) is 1. The molecule has 6 heteroatoms. The smallest absolute Gasteiger partial charge is 0.263 e. The molecule has 1 aliphatic heterocycles. The highest BCUT2D eigenvalue weighted by atomic mass is 16.2. The summed E-state index contributed by atoms with van der Waals surface area (Å²) in [6, 6.07) is 0. The van der Waals surface area contributed by atoms with Gasteiger partial charge in [-0.25, -0.2) is 4.98 Å². The highest BCUT2D eigenvalue weighted by Crippen LogP contribution is 2.29. The van der Waals surface area contributed by atoms with Crippen molar-refractivity contribution in [3.8, 4) is 0 Å². The highest BCUT2D eigenvalue weighted by Gasteiger charge is 2.37. The van der Waals surface area contributed by atoms with E-state index in [9.17, 15) is 9.59 Å². The molecule has 6 nitrogen and oxygen atoms in total. The van der Waals surface area contributed by atoms with Crippen LogP contribution >= 0.6 is 0 Å². The van der Waals surface area contributed by atoms with Crippen LogP contribution in [0.4, 0.5) is 0 Å². The van der Waals surface area contributed by atoms with Gasteiger partial charge in [-0.05, 0) is 25.2 Å². The highest BCUT2D eigenvalue weighted by molar-refractivity contribution is 6.25. The summed E-state index contributed by atoms with van der Waals surface area (Å²) in [4.78, 5) is 30.8. The second kappa shape index (κ2) is 5.70. The first-order valence-corrected chi connectivity index (χ1v) is 8.20. The van der Waals surface area contributed by atoms with Crippen LogP contribution < -0.4 is 0 Å². The van der Waals surface area contributed by atoms with Gasteiger partial charge in [0.05, 0.1) is 22.7 Å². The normalized spacial score (nSPS) is 18.2. The third kappa shape index (κ3) is 2.26. The first-order valence-electron chi connectivity index (χ1n) is 8.20. The Bertz CT molecular complexity index is 894. The van der Waals surface area contributed by atoms with E-state index in [1.54, 1.807) is 6.20 Å². The maximum absolute atomic E-state index is 12.7. The van der Waals surface area contributed by atoms with Crippen LogP contribution in [0.3, 0.4) is 0 Å². The maximum atomic E-state index is 12.7. The molecule has 2 amide bonds. The molecule has 0 fully saturated rings. The number of hydrogen-bond donors (Lipinski definition) is 1. The maximum Gasteiger partial charge on any atom is 0.263 e. The van der Waals surface area contributed by atoms with Gasteiger partial charge in [-0.2, -0.15) is 5.10 Å². The monoisotopic (exact) mass is 322 g/mol. The largest absolute Gasteiger partial charge is 0.274 e. The van der Waals surface area contributed by atoms with Crippen LogP contribution in [0.15, 0.2) is 36.2 Å². The molecule has 4 rings (SSSR count). The van der Waals surface area contributed by atoms with Gasteiger partial charge in [-0.15, -0.1) is 0 Å². The number of aromatic amines is 1. The topological polar surface area (TPSA) is 79.0 Å². The zero-order valence-corrected chi connectivity index (χ0v) is 13.5. The lowest BCUT2D eigenvalue weighted by Crippen LogP contribution is -2.31. The Kier molecular flexibility index (Phi) is 3.52. The lowest BCUT2D eigenvalue weighted by atomic mass is 9.91. The number of hydrogen-bond acceptors (Lipinski definition) is 4. The third-order valence-corrected chi connectivity index (χ3v) is 4.88. The molecule has 1 aliphatic carbocycles. The third-order valence-electron chi connectivity index (χ3n) is 4.88. The summed E-state index contributed by atoms with van der Waals surface area (Å²) < 4.78 is 0. The van der Waals surface area contributed by atoms with E-state index in [0.29, 0.717) is 34.6 Å². The van der Waals surface area contributed by atoms with Crippen LogP contribution in [0, 0.1) is 5.92 Å². The van der Waals surface area contributed by atoms with Crippen LogP contribution in [0.2, 0.25) is 0 Å². The number of carbonyl (C=O) groups is 2. The Labute approximate surface area is 139 Å². The van der Waals surface area contributed by atoms with Crippen molar-refractivity contribution in [3.63, 3.8) is 0 Å². The lowest BCUT2D eigenvalue weighted by Gasteiger charge is -2.20. The standard InChI is InChI=1S/C18H18N4O2/c1-11(12-5-3-2-4-6-12)7-8-22-17(23)14-9-19-16-13(10-20-21-16)15(14)18(22)24/h2-3,5,9-11H,4,6-8H2,1H3,(H,19,20,21). The minimum absolute atomic E-state index is 0.242. The Morgan fingerprint density at radius 3 is 2.96 bits per heavy atom. The SMILES string of the molecule is CC(CCN1C(=O)c2cnc3[nH]ncc3c2C1=O)C1=CC=CCC1. The van der Waals surface area contributed by atoms with Crippen LogP contribution in [0.1, 0.15) is 46.9 Å². The zero-order chi connectivity index (χ0) is 16.7. The molecule has 3 heterocycles.